The fourth-order valence-electron chi connectivity index (χ4n) is 9.21. The van der Waals surface area contributed by atoms with Gasteiger partial charge in [-0.1, -0.05) is 49.1 Å². The smallest absolute Gasteiger partial charge is 0.167 e. The summed E-state index contributed by atoms with van der Waals surface area (Å²) in [5.74, 6) is 13.0. The van der Waals surface area contributed by atoms with Gasteiger partial charge in [-0.2, -0.15) is 10.5 Å². The second kappa shape index (κ2) is 27.4. The maximum Gasteiger partial charge on any atom is 0.167 e. The Labute approximate surface area is 450 Å². The first-order valence-corrected chi connectivity index (χ1v) is 25.6. The number of ether oxygens (including phenoxy) is 4. The minimum absolute atomic E-state index is 0. The summed E-state index contributed by atoms with van der Waals surface area (Å²) >= 11 is 2.29. The van der Waals surface area contributed by atoms with E-state index in [-0.39, 0.29) is 55.2 Å². The lowest BCUT2D eigenvalue weighted by Gasteiger charge is -2.36. The van der Waals surface area contributed by atoms with Gasteiger partial charge in [-0.3, -0.25) is 4.70 Å². The van der Waals surface area contributed by atoms with Crippen LogP contribution in [0.4, 0.5) is 4.70 Å². The summed E-state index contributed by atoms with van der Waals surface area (Å²) in [4.78, 5) is 8.98. The van der Waals surface area contributed by atoms with E-state index in [2.05, 4.69) is 84.9 Å². The highest BCUT2D eigenvalue weighted by Crippen LogP contribution is 2.45. The fourth-order valence-corrected chi connectivity index (χ4v) is 9.57. The molecule has 2 aromatic carbocycles. The number of nitriles is 2. The maximum absolute atomic E-state index is 9.13. The monoisotopic (exact) mass is 1120 g/mol. The third-order valence-corrected chi connectivity index (χ3v) is 14.0. The normalized spacial score (nSPS) is 23.3. The lowest BCUT2D eigenvalue weighted by molar-refractivity contribution is -0.188. The Morgan fingerprint density at radius 1 is 0.703 bits per heavy atom. The van der Waals surface area contributed by atoms with Crippen LogP contribution in [-0.4, -0.2) is 55.2 Å². The average molecular weight is 1120 g/mol. The van der Waals surface area contributed by atoms with E-state index in [4.69, 9.17) is 44.9 Å². The van der Waals surface area contributed by atoms with Gasteiger partial charge in [0.25, 0.3) is 0 Å². The third-order valence-electron chi connectivity index (χ3n) is 13.3. The Balaban J connectivity index is 0.000000231. The van der Waals surface area contributed by atoms with Crippen molar-refractivity contribution < 1.29 is 32.7 Å². The molecule has 392 valence electrons. The number of hydrogen-bond acceptors (Lipinski definition) is 12. The molecular weight excluding hydrogens is 1050 g/mol. The first kappa shape index (κ1) is 58.8. The lowest BCUT2D eigenvalue weighted by Crippen LogP contribution is -2.32. The predicted octanol–water partition coefficient (Wildman–Crippen LogP) is 13.3. The van der Waals surface area contributed by atoms with Crippen LogP contribution >= 0.6 is 22.6 Å². The number of terminal acetylenes is 1. The van der Waals surface area contributed by atoms with Crippen LogP contribution in [0.1, 0.15) is 148 Å². The molecule has 2 aliphatic heterocycles. The number of rotatable bonds is 12. The van der Waals surface area contributed by atoms with Crippen molar-refractivity contribution in [2.24, 2.45) is 22.7 Å². The van der Waals surface area contributed by atoms with Crippen LogP contribution in [0.2, 0.25) is 0 Å². The zero-order valence-electron chi connectivity index (χ0n) is 41.3. The molecule has 0 radical (unpaired) electrons. The molecule has 4 aliphatic rings. The van der Waals surface area contributed by atoms with E-state index in [1.165, 1.54) is 3.57 Å². The minimum Gasteiger partial charge on any atom is -0.356 e. The van der Waals surface area contributed by atoms with Gasteiger partial charge >= 0.3 is 0 Å². The Hall–Kier alpha value is -6.12. The molecule has 2 saturated heterocycles. The minimum atomic E-state index is -0.195. The number of hydrogen-bond donors (Lipinski definition) is 0. The van der Waals surface area contributed by atoms with E-state index < -0.39 is 0 Å². The molecule has 2 saturated carbocycles. The van der Waals surface area contributed by atoms with Gasteiger partial charge in [-0.15, -0.1) is 12.3 Å². The Morgan fingerprint density at radius 2 is 1.15 bits per heavy atom. The highest BCUT2D eigenvalue weighted by Gasteiger charge is 2.40. The molecule has 0 bridgehead atoms. The number of benzene rings is 2. The summed E-state index contributed by atoms with van der Waals surface area (Å²) < 4.78 is 39.9. The molecule has 4 fully saturated rings. The SMILES string of the molecule is C.C.C#CC1CC(C)(C#N)C1.C[C@H](OC1CCCCO1)c1nccn1Cc1cc(-c2ccc(C#CC3CC(C)(C#N)C3)cc2)on1.C[C@H](OC1CCCCO1)c1nccn1Cc1cc(-c2ccc(I)cc2)on1.F. The standard InChI is InChI=1S/C28H30N4O3.C20H22IN3O3.C8H9N.2CH4.FH/c1-20(34-26-5-3-4-14-33-26)27-30-12-13-32(27)18-24-15-25(35-31-24)23-10-8-21(9-11-23)6-7-22-16-28(2,17-22)19-29;1-14(26-19-4-2-3-11-25-19)20-22-9-10-24(20)13-17-12-18(27-23-17)15-5-7-16(21)8-6-15;1-3-7-4-8(2,5-7)6-9;;;/h8-13,15,20,22,26H,3-5,14,16-18H2,1-2H3;5-10,12,14,19H,2-4,11,13H2,1H3;1,7H,4-5H2,2H3;2*1H4;1H/t20-,22?,26?,28?;14-,19?;;;;/m00..../s1. The van der Waals surface area contributed by atoms with Crippen LogP contribution in [0.5, 0.6) is 0 Å². The highest BCUT2D eigenvalue weighted by molar-refractivity contribution is 14.1. The lowest BCUT2D eigenvalue weighted by atomic mass is 9.64. The van der Waals surface area contributed by atoms with Crippen molar-refractivity contribution in [2.75, 3.05) is 13.2 Å². The van der Waals surface area contributed by atoms with Crippen LogP contribution in [0.15, 0.2) is 94.5 Å². The van der Waals surface area contributed by atoms with Crippen LogP contribution in [0.25, 0.3) is 22.6 Å². The summed E-state index contributed by atoms with van der Waals surface area (Å²) in [6.45, 7) is 10.6. The highest BCUT2D eigenvalue weighted by atomic mass is 127. The van der Waals surface area contributed by atoms with Gasteiger partial charge in [0, 0.05) is 82.2 Å². The van der Waals surface area contributed by atoms with Crippen LogP contribution in [0.3, 0.4) is 0 Å². The number of nitrogens with zero attached hydrogens (tertiary/aromatic N) is 8. The zero-order valence-corrected chi connectivity index (χ0v) is 43.5. The van der Waals surface area contributed by atoms with Gasteiger partial charge in [-0.05, 0) is 151 Å². The Morgan fingerprint density at radius 3 is 1.57 bits per heavy atom. The number of aromatic nitrogens is 6. The van der Waals surface area contributed by atoms with E-state index >= 15 is 0 Å². The molecule has 0 N–H and O–H groups in total. The average Bonchev–Trinajstić information content (AvgIpc) is 4.23. The zero-order chi connectivity index (χ0) is 49.8. The molecular formula is C58H70FIN8O6. The third kappa shape index (κ3) is 15.7. The number of imidazole rings is 2. The molecule has 0 spiro atoms. The van der Waals surface area contributed by atoms with E-state index in [0.29, 0.717) is 30.7 Å². The quantitative estimate of drug-likeness (QED) is 0.0840. The topological polar surface area (TPSA) is 172 Å². The summed E-state index contributed by atoms with van der Waals surface area (Å²) in [7, 11) is 0. The van der Waals surface area contributed by atoms with Crippen molar-refractivity contribution in [3.05, 3.63) is 118 Å². The van der Waals surface area contributed by atoms with Crippen molar-refractivity contribution in [3.8, 4) is 59.0 Å². The van der Waals surface area contributed by atoms with Crippen molar-refractivity contribution in [2.45, 2.75) is 145 Å². The van der Waals surface area contributed by atoms with Gasteiger partial charge in [0.15, 0.2) is 24.1 Å². The van der Waals surface area contributed by atoms with Gasteiger partial charge in [-0.25, -0.2) is 9.97 Å². The van der Waals surface area contributed by atoms with Crippen molar-refractivity contribution in [1.29, 1.82) is 10.5 Å². The molecule has 2 unspecified atom stereocenters. The van der Waals surface area contributed by atoms with Crippen LogP contribution in [-0.2, 0) is 32.0 Å². The molecule has 74 heavy (non-hydrogen) atoms. The molecule has 10 rings (SSSR count). The van der Waals surface area contributed by atoms with E-state index in [0.717, 1.165) is 123 Å². The second-order valence-electron chi connectivity index (χ2n) is 19.4. The Bertz CT molecular complexity index is 2850. The summed E-state index contributed by atoms with van der Waals surface area (Å²) in [6.07, 6.45) is 21.8. The first-order valence-electron chi connectivity index (χ1n) is 24.5. The van der Waals surface area contributed by atoms with Gasteiger partial charge in [0.2, 0.25) is 0 Å². The van der Waals surface area contributed by atoms with Gasteiger partial charge in [0.1, 0.15) is 35.2 Å². The summed E-state index contributed by atoms with van der Waals surface area (Å²) in [5, 5.41) is 26.1. The Kier molecular flexibility index (Phi) is 21.8. The van der Waals surface area contributed by atoms with E-state index in [1.54, 1.807) is 12.4 Å². The molecule has 14 nitrogen and oxygen atoms in total. The van der Waals surface area contributed by atoms with Gasteiger partial charge in [0.05, 0.1) is 36.1 Å². The van der Waals surface area contributed by atoms with Crippen LogP contribution < -0.4 is 0 Å². The molecule has 4 aromatic heterocycles. The van der Waals surface area contributed by atoms with Crippen molar-refractivity contribution in [1.82, 2.24) is 29.4 Å². The molecule has 4 atom stereocenters. The molecule has 6 heterocycles. The van der Waals surface area contributed by atoms with Crippen molar-refractivity contribution >= 4 is 22.6 Å². The van der Waals surface area contributed by atoms with E-state index in [1.807, 2.05) is 97.8 Å². The fraction of sp³-hybridized carbons (Fsp3) is 0.483. The summed E-state index contributed by atoms with van der Waals surface area (Å²) in [5.41, 5.74) is 4.30. The predicted molar refractivity (Wildman–Crippen MR) is 290 cm³/mol. The largest absolute Gasteiger partial charge is 0.356 e. The molecule has 0 amide bonds. The molecule has 16 heteroatoms. The first-order chi connectivity index (χ1) is 34.4. The van der Waals surface area contributed by atoms with E-state index in [9.17, 15) is 0 Å². The second-order valence-corrected chi connectivity index (χ2v) is 20.7. The van der Waals surface area contributed by atoms with Gasteiger partial charge < -0.3 is 37.1 Å². The van der Waals surface area contributed by atoms with Crippen molar-refractivity contribution in [3.63, 3.8) is 0 Å². The maximum atomic E-state index is 9.13. The molecule has 6 aromatic rings. The summed E-state index contributed by atoms with van der Waals surface area (Å²) in [6, 6.07) is 24.7. The van der Waals surface area contributed by atoms with Crippen LogP contribution in [0, 0.1) is 73.1 Å². The molecule has 2 aliphatic carbocycles. The number of halogens is 2.